The third-order valence-corrected chi connectivity index (χ3v) is 7.61. The third-order valence-electron chi connectivity index (χ3n) is 6.36. The normalized spacial score (nSPS) is 15.8. The maximum Gasteiger partial charge on any atom is 0.229 e. The first-order valence-corrected chi connectivity index (χ1v) is 12.9. The van der Waals surface area contributed by atoms with E-state index >= 15 is 0 Å². The number of aromatic nitrogens is 1. The Bertz CT molecular complexity index is 1230. The number of fused-ring (bicyclic) bond motifs is 1. The summed E-state index contributed by atoms with van der Waals surface area (Å²) in [5.74, 6) is 0.0171. The van der Waals surface area contributed by atoms with E-state index in [1.165, 1.54) is 11.3 Å². The molecule has 0 radical (unpaired) electrons. The van der Waals surface area contributed by atoms with Crippen molar-refractivity contribution < 1.29 is 9.53 Å². The lowest BCUT2D eigenvalue weighted by Gasteiger charge is -2.26. The van der Waals surface area contributed by atoms with E-state index in [0.29, 0.717) is 23.1 Å². The highest BCUT2D eigenvalue weighted by atomic mass is 35.5. The minimum atomic E-state index is -0.0348. The van der Waals surface area contributed by atoms with E-state index in [-0.39, 0.29) is 17.9 Å². The van der Waals surface area contributed by atoms with Crippen molar-refractivity contribution in [3.05, 3.63) is 94.5 Å². The predicted molar refractivity (Wildman–Crippen MR) is 140 cm³/mol. The second-order valence-electron chi connectivity index (χ2n) is 8.78. The van der Waals surface area contributed by atoms with Crippen LogP contribution in [0, 0.1) is 6.92 Å². The van der Waals surface area contributed by atoms with Gasteiger partial charge in [0.2, 0.25) is 5.91 Å². The van der Waals surface area contributed by atoms with Crippen LogP contribution in [0.15, 0.2) is 72.8 Å². The number of amides is 1. The Labute approximate surface area is 209 Å². The highest BCUT2D eigenvalue weighted by molar-refractivity contribution is 7.22. The van der Waals surface area contributed by atoms with Crippen LogP contribution in [0.2, 0.25) is 5.02 Å². The number of hydrogen-bond donors (Lipinski definition) is 0. The Kier molecular flexibility index (Phi) is 6.95. The molecule has 6 heteroatoms. The van der Waals surface area contributed by atoms with E-state index in [1.54, 1.807) is 0 Å². The molecule has 1 saturated heterocycles. The summed E-state index contributed by atoms with van der Waals surface area (Å²) in [6.45, 7) is 3.27. The number of halogens is 1. The van der Waals surface area contributed by atoms with Gasteiger partial charge in [-0.1, -0.05) is 83.6 Å². The summed E-state index contributed by atoms with van der Waals surface area (Å²) in [6, 6.07) is 24.3. The van der Waals surface area contributed by atoms with Crippen LogP contribution in [0.1, 0.15) is 41.9 Å². The van der Waals surface area contributed by atoms with Crippen molar-refractivity contribution in [3.63, 3.8) is 0 Å². The zero-order valence-electron chi connectivity index (χ0n) is 19.1. The van der Waals surface area contributed by atoms with Crippen molar-refractivity contribution in [3.8, 4) is 0 Å². The van der Waals surface area contributed by atoms with E-state index in [2.05, 4.69) is 24.3 Å². The number of nitrogens with zero attached hydrogens (tertiary/aromatic N) is 2. The van der Waals surface area contributed by atoms with Gasteiger partial charge in [-0.25, -0.2) is 4.98 Å². The van der Waals surface area contributed by atoms with Gasteiger partial charge in [0.1, 0.15) is 0 Å². The maximum atomic E-state index is 13.9. The molecule has 0 aliphatic carbocycles. The number of hydrogen-bond acceptors (Lipinski definition) is 4. The van der Waals surface area contributed by atoms with E-state index in [9.17, 15) is 4.79 Å². The molecule has 174 valence electrons. The van der Waals surface area contributed by atoms with Crippen molar-refractivity contribution in [1.82, 2.24) is 4.98 Å². The zero-order chi connectivity index (χ0) is 23.5. The topological polar surface area (TPSA) is 42.4 Å². The van der Waals surface area contributed by atoms with Gasteiger partial charge in [0.15, 0.2) is 5.13 Å². The molecule has 1 aliphatic rings. The standard InChI is InChI=1S/C28H27ClN2O2S/c1-19-15-22(29)16-25-27(19)30-28(34-25)31(18-23-13-8-14-33-23)26(32)17-24(20-9-4-2-5-10-20)21-11-6-3-7-12-21/h2-7,9-12,15-16,23-24H,8,13-14,17-18H2,1H3/t23-/m0/s1. The number of anilines is 1. The average Bonchev–Trinajstić information content (AvgIpc) is 3.52. The minimum absolute atomic E-state index is 0.0348. The zero-order valence-corrected chi connectivity index (χ0v) is 20.7. The smallest absolute Gasteiger partial charge is 0.229 e. The fraction of sp³-hybridized carbons (Fsp3) is 0.286. The first kappa shape index (κ1) is 23.0. The highest BCUT2D eigenvalue weighted by Crippen LogP contribution is 2.35. The number of carbonyl (C=O) groups is 1. The fourth-order valence-corrected chi connectivity index (χ4v) is 6.07. The molecule has 1 atom stereocenters. The Morgan fingerprint density at radius 3 is 2.41 bits per heavy atom. The predicted octanol–water partition coefficient (Wildman–Crippen LogP) is 6.99. The molecule has 4 nitrogen and oxygen atoms in total. The van der Waals surface area contributed by atoms with E-state index in [1.807, 2.05) is 60.4 Å². The Morgan fingerprint density at radius 1 is 1.12 bits per heavy atom. The molecule has 1 fully saturated rings. The van der Waals surface area contributed by atoms with Gasteiger partial charge in [-0.05, 0) is 48.6 Å². The summed E-state index contributed by atoms with van der Waals surface area (Å²) in [6.07, 6.45) is 2.38. The lowest BCUT2D eigenvalue weighted by Crippen LogP contribution is -2.38. The molecule has 0 spiro atoms. The largest absolute Gasteiger partial charge is 0.376 e. The molecule has 0 bridgehead atoms. The second kappa shape index (κ2) is 10.3. The summed E-state index contributed by atoms with van der Waals surface area (Å²) in [5.41, 5.74) is 4.18. The maximum absolute atomic E-state index is 13.9. The van der Waals surface area contributed by atoms with Crippen molar-refractivity contribution >= 4 is 44.2 Å². The number of aryl methyl sites for hydroxylation is 1. The molecule has 0 N–H and O–H groups in total. The third kappa shape index (κ3) is 5.02. The van der Waals surface area contributed by atoms with Crippen LogP contribution in [-0.2, 0) is 9.53 Å². The summed E-state index contributed by atoms with van der Waals surface area (Å²) in [7, 11) is 0. The van der Waals surface area contributed by atoms with Crippen LogP contribution in [0.25, 0.3) is 10.2 Å². The van der Waals surface area contributed by atoms with Crippen molar-refractivity contribution in [2.24, 2.45) is 0 Å². The molecule has 5 rings (SSSR count). The van der Waals surface area contributed by atoms with E-state index in [0.717, 1.165) is 46.4 Å². The van der Waals surface area contributed by atoms with Crippen molar-refractivity contribution in [2.45, 2.75) is 38.2 Å². The highest BCUT2D eigenvalue weighted by Gasteiger charge is 2.29. The van der Waals surface area contributed by atoms with Gasteiger partial charge < -0.3 is 4.74 Å². The first-order valence-electron chi connectivity index (χ1n) is 11.7. The molecule has 0 saturated carbocycles. The Morgan fingerprint density at radius 2 is 1.79 bits per heavy atom. The Balaban J connectivity index is 1.50. The lowest BCUT2D eigenvalue weighted by molar-refractivity contribution is -0.119. The van der Waals surface area contributed by atoms with Crippen LogP contribution in [-0.4, -0.2) is 30.1 Å². The van der Waals surface area contributed by atoms with Crippen LogP contribution in [0.4, 0.5) is 5.13 Å². The number of carbonyl (C=O) groups excluding carboxylic acids is 1. The molecule has 0 unspecified atom stereocenters. The van der Waals surface area contributed by atoms with Gasteiger partial charge in [0.05, 0.1) is 22.9 Å². The van der Waals surface area contributed by atoms with Gasteiger partial charge in [0.25, 0.3) is 0 Å². The number of thiazole rings is 1. The molecular weight excluding hydrogens is 464 g/mol. The lowest BCUT2D eigenvalue weighted by atomic mass is 9.88. The van der Waals surface area contributed by atoms with Crippen LogP contribution in [0.3, 0.4) is 0 Å². The molecule has 4 aromatic rings. The fourth-order valence-electron chi connectivity index (χ4n) is 4.62. The quantitative estimate of drug-likeness (QED) is 0.280. The van der Waals surface area contributed by atoms with Gasteiger partial charge in [0, 0.05) is 24.0 Å². The first-order chi connectivity index (χ1) is 16.6. The van der Waals surface area contributed by atoms with Crippen LogP contribution < -0.4 is 4.90 Å². The van der Waals surface area contributed by atoms with Crippen molar-refractivity contribution in [2.75, 3.05) is 18.1 Å². The average molecular weight is 491 g/mol. The van der Waals surface area contributed by atoms with Crippen LogP contribution in [0.5, 0.6) is 0 Å². The summed E-state index contributed by atoms with van der Waals surface area (Å²) < 4.78 is 6.90. The Hall–Kier alpha value is -2.73. The molecule has 1 amide bonds. The van der Waals surface area contributed by atoms with Crippen molar-refractivity contribution in [1.29, 1.82) is 0 Å². The van der Waals surface area contributed by atoms with E-state index < -0.39 is 0 Å². The summed E-state index contributed by atoms with van der Waals surface area (Å²) in [5, 5.41) is 1.39. The van der Waals surface area contributed by atoms with Gasteiger partial charge in [-0.2, -0.15) is 0 Å². The molecule has 1 aromatic heterocycles. The number of benzene rings is 3. The number of rotatable bonds is 7. The molecule has 1 aliphatic heterocycles. The molecular formula is C28H27ClN2O2S. The monoisotopic (exact) mass is 490 g/mol. The molecule has 34 heavy (non-hydrogen) atoms. The molecule has 2 heterocycles. The van der Waals surface area contributed by atoms with E-state index in [4.69, 9.17) is 21.3 Å². The summed E-state index contributed by atoms with van der Waals surface area (Å²) >= 11 is 7.81. The molecule has 3 aromatic carbocycles. The summed E-state index contributed by atoms with van der Waals surface area (Å²) in [4.78, 5) is 20.6. The van der Waals surface area contributed by atoms with Gasteiger partial charge in [-0.3, -0.25) is 9.69 Å². The second-order valence-corrected chi connectivity index (χ2v) is 10.2. The minimum Gasteiger partial charge on any atom is -0.376 e. The van der Waals surface area contributed by atoms with Gasteiger partial charge >= 0.3 is 0 Å². The SMILES string of the molecule is Cc1cc(Cl)cc2sc(N(C[C@@H]3CCCO3)C(=O)CC(c3ccccc3)c3ccccc3)nc12. The van der Waals surface area contributed by atoms with Crippen LogP contribution >= 0.6 is 22.9 Å². The van der Waals surface area contributed by atoms with Gasteiger partial charge in [-0.15, -0.1) is 0 Å². The number of ether oxygens (including phenoxy) is 1.